The van der Waals surface area contributed by atoms with E-state index < -0.39 is 27.4 Å². The number of nitrogens with one attached hydrogen (secondary N) is 1. The molecule has 9 nitrogen and oxygen atoms in total. The first-order valence-electron chi connectivity index (χ1n) is 8.56. The molecular weight excluding hydrogens is 362 g/mol. The molecule has 144 valence electrons. The molecule has 1 aromatic rings. The fourth-order valence-electron chi connectivity index (χ4n) is 3.32. The normalized spacial score (nSPS) is 24.5. The van der Waals surface area contributed by atoms with Crippen molar-refractivity contribution in [2.24, 2.45) is 7.05 Å². The maximum atomic E-state index is 12.8. The van der Waals surface area contributed by atoms with Gasteiger partial charge in [-0.15, -0.1) is 0 Å². The molecule has 2 N–H and O–H groups in total. The van der Waals surface area contributed by atoms with Crippen molar-refractivity contribution in [3.05, 3.63) is 18.0 Å². The van der Waals surface area contributed by atoms with Gasteiger partial charge in [-0.25, -0.2) is 13.2 Å². The van der Waals surface area contributed by atoms with Crippen LogP contribution in [0.1, 0.15) is 36.2 Å². The maximum Gasteiger partial charge on any atom is 0.331 e. The number of piperidine rings is 1. The smallest absolute Gasteiger partial charge is 0.331 e. The second kappa shape index (κ2) is 7.01. The Morgan fingerprint density at radius 2 is 1.96 bits per heavy atom. The third-order valence-electron chi connectivity index (χ3n) is 4.95. The summed E-state index contributed by atoms with van der Waals surface area (Å²) >= 11 is 0. The number of nitrogens with zero attached hydrogens (tertiary/aromatic N) is 2. The molecule has 2 aliphatic rings. The van der Waals surface area contributed by atoms with Crippen LogP contribution in [0.2, 0.25) is 0 Å². The molecule has 1 atom stereocenters. The van der Waals surface area contributed by atoms with E-state index in [2.05, 4.69) is 5.32 Å². The van der Waals surface area contributed by atoms with Gasteiger partial charge in [-0.3, -0.25) is 4.79 Å². The van der Waals surface area contributed by atoms with Crippen molar-refractivity contribution in [2.45, 2.75) is 36.1 Å². The van der Waals surface area contributed by atoms with Crippen LogP contribution in [0.25, 0.3) is 0 Å². The number of sulfonamides is 1. The van der Waals surface area contributed by atoms with Crippen LogP contribution in [-0.2, 0) is 26.6 Å². The number of hydrogen-bond donors (Lipinski definition) is 2. The van der Waals surface area contributed by atoms with Gasteiger partial charge in [0.2, 0.25) is 10.0 Å². The number of aromatic nitrogens is 1. The van der Waals surface area contributed by atoms with Gasteiger partial charge in [0.25, 0.3) is 5.91 Å². The van der Waals surface area contributed by atoms with Crippen LogP contribution in [0.3, 0.4) is 0 Å². The van der Waals surface area contributed by atoms with Gasteiger partial charge in [0.15, 0.2) is 5.54 Å². The van der Waals surface area contributed by atoms with E-state index in [1.807, 2.05) is 0 Å². The third-order valence-corrected chi connectivity index (χ3v) is 6.81. The molecule has 1 unspecified atom stereocenters. The van der Waals surface area contributed by atoms with Crippen LogP contribution >= 0.6 is 0 Å². The largest absolute Gasteiger partial charge is 0.479 e. The van der Waals surface area contributed by atoms with E-state index >= 15 is 0 Å². The monoisotopic (exact) mass is 385 g/mol. The van der Waals surface area contributed by atoms with Crippen LogP contribution in [0, 0.1) is 0 Å². The van der Waals surface area contributed by atoms with Gasteiger partial charge in [-0.2, -0.15) is 4.31 Å². The number of carboxylic acid groups (broad SMARTS) is 1. The Bertz CT molecular complexity index is 804. The van der Waals surface area contributed by atoms with Crippen LogP contribution < -0.4 is 5.32 Å². The van der Waals surface area contributed by atoms with E-state index in [0.717, 1.165) is 19.3 Å². The number of carbonyl (C=O) groups excluding carboxylic acids is 1. The molecule has 3 heterocycles. The average Bonchev–Trinajstić information content (AvgIpc) is 3.23. The lowest BCUT2D eigenvalue weighted by Crippen LogP contribution is -2.55. The number of aliphatic carboxylic acids is 1. The highest BCUT2D eigenvalue weighted by molar-refractivity contribution is 7.89. The summed E-state index contributed by atoms with van der Waals surface area (Å²) in [4.78, 5) is 24.2. The zero-order valence-corrected chi connectivity index (χ0v) is 15.4. The second-order valence-corrected chi connectivity index (χ2v) is 8.72. The molecule has 1 amide bonds. The molecule has 0 bridgehead atoms. The van der Waals surface area contributed by atoms with Crippen LogP contribution in [0.5, 0.6) is 0 Å². The average molecular weight is 385 g/mol. The lowest BCUT2D eigenvalue weighted by molar-refractivity contribution is -0.144. The van der Waals surface area contributed by atoms with Crippen LogP contribution in [-0.4, -0.2) is 66.1 Å². The summed E-state index contributed by atoms with van der Waals surface area (Å²) in [6.07, 6.45) is 4.20. The molecule has 0 aromatic carbocycles. The molecule has 1 aromatic heterocycles. The zero-order chi connectivity index (χ0) is 18.9. The van der Waals surface area contributed by atoms with Crippen molar-refractivity contribution in [3.8, 4) is 0 Å². The summed E-state index contributed by atoms with van der Waals surface area (Å²) in [6, 6.07) is 1.30. The summed E-state index contributed by atoms with van der Waals surface area (Å²) in [7, 11) is -2.11. The number of hydrogen-bond acceptors (Lipinski definition) is 5. The first-order valence-corrected chi connectivity index (χ1v) is 10.0. The van der Waals surface area contributed by atoms with Crippen molar-refractivity contribution in [2.75, 3.05) is 26.3 Å². The first kappa shape index (κ1) is 18.9. The molecular formula is C16H23N3O6S. The lowest BCUT2D eigenvalue weighted by atomic mass is 9.99. The Kier molecular flexibility index (Phi) is 5.09. The third kappa shape index (κ3) is 3.36. The summed E-state index contributed by atoms with van der Waals surface area (Å²) in [6.45, 7) is 1.07. The Morgan fingerprint density at radius 3 is 2.54 bits per heavy atom. The van der Waals surface area contributed by atoms with E-state index in [-0.39, 0.29) is 30.2 Å². The minimum atomic E-state index is -3.66. The summed E-state index contributed by atoms with van der Waals surface area (Å²) in [5, 5.41) is 11.9. The van der Waals surface area contributed by atoms with Crippen molar-refractivity contribution in [1.82, 2.24) is 14.2 Å². The minimum Gasteiger partial charge on any atom is -0.479 e. The Hall–Kier alpha value is -1.91. The molecule has 10 heteroatoms. The highest BCUT2D eigenvalue weighted by Gasteiger charge is 2.44. The lowest BCUT2D eigenvalue weighted by Gasteiger charge is -2.25. The summed E-state index contributed by atoms with van der Waals surface area (Å²) in [5.41, 5.74) is -1.39. The van der Waals surface area contributed by atoms with Gasteiger partial charge in [0.1, 0.15) is 10.6 Å². The number of carbonyl (C=O) groups is 2. The molecule has 2 saturated heterocycles. The summed E-state index contributed by atoms with van der Waals surface area (Å²) < 4.78 is 33.5. The van der Waals surface area contributed by atoms with Crippen molar-refractivity contribution >= 4 is 21.9 Å². The highest BCUT2D eigenvalue weighted by atomic mass is 32.2. The van der Waals surface area contributed by atoms with E-state index in [1.54, 1.807) is 7.05 Å². The van der Waals surface area contributed by atoms with Gasteiger partial charge in [0.05, 0.1) is 6.61 Å². The molecule has 0 saturated carbocycles. The number of rotatable bonds is 5. The van der Waals surface area contributed by atoms with Gasteiger partial charge < -0.3 is 19.7 Å². The van der Waals surface area contributed by atoms with Crippen LogP contribution in [0.4, 0.5) is 0 Å². The van der Waals surface area contributed by atoms with E-state index in [0.29, 0.717) is 13.1 Å². The van der Waals surface area contributed by atoms with Crippen molar-refractivity contribution in [1.29, 1.82) is 0 Å². The molecule has 2 aliphatic heterocycles. The van der Waals surface area contributed by atoms with E-state index in [1.165, 1.54) is 21.1 Å². The first-order chi connectivity index (χ1) is 12.3. The zero-order valence-electron chi connectivity index (χ0n) is 14.6. The fourth-order valence-corrected chi connectivity index (χ4v) is 4.91. The Labute approximate surface area is 152 Å². The van der Waals surface area contributed by atoms with Gasteiger partial charge >= 0.3 is 5.97 Å². The summed E-state index contributed by atoms with van der Waals surface area (Å²) in [5.74, 6) is -1.81. The van der Waals surface area contributed by atoms with Gasteiger partial charge in [-0.05, 0) is 18.9 Å². The highest BCUT2D eigenvalue weighted by Crippen LogP contribution is 2.24. The van der Waals surface area contributed by atoms with Gasteiger partial charge in [-0.1, -0.05) is 6.42 Å². The predicted octanol–water partition coefficient (Wildman–Crippen LogP) is 0.173. The number of carboxylic acids is 1. The van der Waals surface area contributed by atoms with Crippen LogP contribution in [0.15, 0.2) is 17.2 Å². The number of ether oxygens (including phenoxy) is 1. The SMILES string of the molecule is Cn1cc(S(=O)(=O)N2CCCCC2)cc1C(=O)NC1(C(=O)O)CCOC1. The molecule has 0 radical (unpaired) electrons. The molecule has 3 rings (SSSR count). The molecule has 0 spiro atoms. The standard InChI is InChI=1S/C16H23N3O6S/c1-18-10-12(26(23,24)19-6-3-2-4-7-19)9-13(18)14(20)17-16(15(21)22)5-8-25-11-16/h9-10H,2-8,11H2,1H3,(H,17,20)(H,21,22). The predicted molar refractivity (Wildman–Crippen MR) is 91.3 cm³/mol. The topological polar surface area (TPSA) is 118 Å². The minimum absolute atomic E-state index is 0.0408. The van der Waals surface area contributed by atoms with E-state index in [9.17, 15) is 23.1 Å². The molecule has 0 aliphatic carbocycles. The van der Waals surface area contributed by atoms with Crippen molar-refractivity contribution < 1.29 is 27.9 Å². The molecule has 2 fully saturated rings. The maximum absolute atomic E-state index is 12.8. The van der Waals surface area contributed by atoms with Crippen molar-refractivity contribution in [3.63, 3.8) is 0 Å². The Morgan fingerprint density at radius 1 is 1.27 bits per heavy atom. The van der Waals surface area contributed by atoms with E-state index in [4.69, 9.17) is 4.74 Å². The molecule has 26 heavy (non-hydrogen) atoms. The quantitative estimate of drug-likeness (QED) is 0.746. The van der Waals surface area contributed by atoms with Gasteiger partial charge in [0, 0.05) is 39.4 Å². The fraction of sp³-hybridized carbons (Fsp3) is 0.625. The number of aryl methyl sites for hydroxylation is 1. The second-order valence-electron chi connectivity index (χ2n) is 6.78. The Balaban J connectivity index is 1.83. The number of amides is 1.